The first-order valence-corrected chi connectivity index (χ1v) is 10.4. The third kappa shape index (κ3) is 3.27. The number of amides is 2. The predicted octanol–water partition coefficient (Wildman–Crippen LogP) is 4.05. The average Bonchev–Trinajstić information content (AvgIpc) is 3.31. The number of nitrogens with one attached hydrogen (secondary N) is 2. The van der Waals surface area contributed by atoms with E-state index in [0.717, 1.165) is 6.92 Å². The number of halogens is 5. The second kappa shape index (κ2) is 7.48. The van der Waals surface area contributed by atoms with Crippen LogP contribution in [0.3, 0.4) is 0 Å². The van der Waals surface area contributed by atoms with Gasteiger partial charge in [-0.1, -0.05) is 6.92 Å². The smallest absolute Gasteiger partial charge is 0.352 e. The number of pyridine rings is 1. The first kappa shape index (κ1) is 22.6. The van der Waals surface area contributed by atoms with Gasteiger partial charge in [-0.25, -0.2) is 8.78 Å². The predicted molar refractivity (Wildman–Crippen MR) is 104 cm³/mol. The average molecular weight is 475 g/mol. The number of alkyl halides is 3. The minimum atomic E-state index is -4.87. The van der Waals surface area contributed by atoms with Crippen LogP contribution in [0.5, 0.6) is 0 Å². The zero-order chi connectivity index (χ0) is 23.6. The van der Waals surface area contributed by atoms with Gasteiger partial charge in [0.1, 0.15) is 11.8 Å². The van der Waals surface area contributed by atoms with Crippen LogP contribution in [0.15, 0.2) is 12.3 Å². The molecule has 0 bridgehead atoms. The van der Waals surface area contributed by atoms with Crippen LogP contribution in [0.1, 0.15) is 45.6 Å². The Morgan fingerprint density at radius 1 is 1.34 bits per heavy atom. The van der Waals surface area contributed by atoms with Crippen LogP contribution in [-0.2, 0) is 16.1 Å². The number of hydrogen-bond acceptors (Lipinski definition) is 5. The second-order valence-electron chi connectivity index (χ2n) is 7.97. The Hall–Kier alpha value is -2.60. The van der Waals surface area contributed by atoms with Gasteiger partial charge in [0.25, 0.3) is 11.8 Å². The van der Waals surface area contributed by atoms with Crippen molar-refractivity contribution in [3.05, 3.63) is 44.9 Å². The molecule has 0 aromatic carbocycles. The molecule has 0 saturated carbocycles. The summed E-state index contributed by atoms with van der Waals surface area (Å²) in [6.45, 7) is 3.37. The molecule has 12 heteroatoms. The second-order valence-corrected chi connectivity index (χ2v) is 9.22. The van der Waals surface area contributed by atoms with Crippen LogP contribution in [0.4, 0.5) is 27.6 Å². The molecular formula is C20H18F5N3O3S. The quantitative estimate of drug-likeness (QED) is 0.657. The molecule has 2 amide bonds. The third-order valence-corrected chi connectivity index (χ3v) is 7.32. The number of rotatable bonds is 3. The highest BCUT2D eigenvalue weighted by molar-refractivity contribution is 7.12. The normalized spacial score (nSPS) is 27.4. The standard InChI is InChI=1S/C20H18F5N3O3S/c1-7-11(16-13(22)12(21)8(2)32-16)15(31-19(7,3)20(23,24)25)18(30)28-10-4-5-26-14-9(10)6-27-17(14)29/h4-5,7,11,15H,6H2,1-3H3,(H,27,29)(H,26,28,30)/t7-,11-,15+,19+/m0/s1. The summed E-state index contributed by atoms with van der Waals surface area (Å²) in [6.07, 6.45) is -5.35. The lowest BCUT2D eigenvalue weighted by Crippen LogP contribution is -2.47. The molecule has 2 aromatic rings. The summed E-state index contributed by atoms with van der Waals surface area (Å²) in [4.78, 5) is 28.5. The van der Waals surface area contributed by atoms with Crippen molar-refractivity contribution < 1.29 is 36.3 Å². The number of nitrogens with zero attached hydrogens (tertiary/aromatic N) is 1. The summed E-state index contributed by atoms with van der Waals surface area (Å²) in [6, 6.07) is 1.39. The Morgan fingerprint density at radius 3 is 2.62 bits per heavy atom. The van der Waals surface area contributed by atoms with Crippen molar-refractivity contribution in [2.75, 3.05) is 5.32 Å². The van der Waals surface area contributed by atoms with Gasteiger partial charge in [-0.2, -0.15) is 13.2 Å². The molecule has 2 aliphatic heterocycles. The van der Waals surface area contributed by atoms with Gasteiger partial charge in [-0.05, 0) is 19.9 Å². The Kier molecular flexibility index (Phi) is 5.28. The minimum Gasteiger partial charge on any atom is -0.352 e. The van der Waals surface area contributed by atoms with Crippen molar-refractivity contribution >= 4 is 28.8 Å². The van der Waals surface area contributed by atoms with Gasteiger partial charge in [0, 0.05) is 40.7 Å². The molecule has 0 radical (unpaired) electrons. The topological polar surface area (TPSA) is 80.3 Å². The van der Waals surface area contributed by atoms with Gasteiger partial charge >= 0.3 is 6.18 Å². The number of aryl methyl sites for hydroxylation is 1. The van der Waals surface area contributed by atoms with Crippen LogP contribution < -0.4 is 10.6 Å². The van der Waals surface area contributed by atoms with Crippen molar-refractivity contribution in [1.29, 1.82) is 0 Å². The van der Waals surface area contributed by atoms with Gasteiger partial charge in [-0.3, -0.25) is 14.6 Å². The lowest BCUT2D eigenvalue weighted by Gasteiger charge is -2.31. The van der Waals surface area contributed by atoms with Gasteiger partial charge in [0.15, 0.2) is 17.2 Å². The maximum absolute atomic E-state index is 14.6. The molecule has 4 atom stereocenters. The van der Waals surface area contributed by atoms with Crippen molar-refractivity contribution in [2.45, 2.75) is 51.1 Å². The summed E-state index contributed by atoms with van der Waals surface area (Å²) in [5, 5.41) is 5.02. The summed E-state index contributed by atoms with van der Waals surface area (Å²) in [5.74, 6) is -6.63. The number of carbonyl (C=O) groups is 2. The molecule has 4 heterocycles. The molecule has 2 N–H and O–H groups in total. The highest BCUT2D eigenvalue weighted by Crippen LogP contribution is 2.55. The fourth-order valence-electron chi connectivity index (χ4n) is 4.13. The van der Waals surface area contributed by atoms with Gasteiger partial charge < -0.3 is 15.4 Å². The van der Waals surface area contributed by atoms with Crippen molar-refractivity contribution in [1.82, 2.24) is 10.3 Å². The van der Waals surface area contributed by atoms with E-state index in [1.807, 2.05) is 0 Å². The number of anilines is 1. The first-order chi connectivity index (χ1) is 14.9. The Bertz CT molecular complexity index is 1120. The zero-order valence-electron chi connectivity index (χ0n) is 17.1. The summed E-state index contributed by atoms with van der Waals surface area (Å²) < 4.78 is 75.5. The fourth-order valence-corrected chi connectivity index (χ4v) is 5.28. The molecule has 0 aliphatic carbocycles. The number of carbonyl (C=O) groups excluding carboxylic acids is 2. The van der Waals surface area contributed by atoms with E-state index in [4.69, 9.17) is 4.74 Å². The molecule has 32 heavy (non-hydrogen) atoms. The molecule has 1 fully saturated rings. The summed E-state index contributed by atoms with van der Waals surface area (Å²) in [7, 11) is 0. The molecule has 2 aromatic heterocycles. The molecule has 6 nitrogen and oxygen atoms in total. The largest absolute Gasteiger partial charge is 0.417 e. The van der Waals surface area contributed by atoms with E-state index in [-0.39, 0.29) is 27.7 Å². The zero-order valence-corrected chi connectivity index (χ0v) is 17.9. The van der Waals surface area contributed by atoms with Crippen LogP contribution in [0.2, 0.25) is 0 Å². The highest BCUT2D eigenvalue weighted by Gasteiger charge is 2.66. The molecular weight excluding hydrogens is 457 g/mol. The lowest BCUT2D eigenvalue weighted by molar-refractivity contribution is -0.272. The SMILES string of the molecule is Cc1sc([C@@H]2[C@H](C(=O)Nc3ccnc4c3CNC4=O)O[C@@](C)(C(F)(F)F)[C@H]2C)c(F)c1F. The number of hydrogen-bond donors (Lipinski definition) is 2. The molecule has 4 rings (SSSR count). The third-order valence-electron chi connectivity index (χ3n) is 6.17. The molecule has 1 saturated heterocycles. The number of thiophene rings is 1. The van der Waals surface area contributed by atoms with Crippen LogP contribution in [0.25, 0.3) is 0 Å². The number of fused-ring (bicyclic) bond motifs is 1. The Balaban J connectivity index is 1.74. The minimum absolute atomic E-state index is 0.0407. The molecule has 2 aliphatic rings. The number of ether oxygens (including phenoxy) is 1. The fraction of sp³-hybridized carbons (Fsp3) is 0.450. The van der Waals surface area contributed by atoms with E-state index in [1.54, 1.807) is 0 Å². The van der Waals surface area contributed by atoms with Crippen LogP contribution in [0, 0.1) is 24.5 Å². The first-order valence-electron chi connectivity index (χ1n) is 9.62. The van der Waals surface area contributed by atoms with Crippen LogP contribution in [-0.4, -0.2) is 34.7 Å². The van der Waals surface area contributed by atoms with Crippen molar-refractivity contribution in [2.24, 2.45) is 5.92 Å². The summed E-state index contributed by atoms with van der Waals surface area (Å²) >= 11 is 0.659. The van der Waals surface area contributed by atoms with E-state index in [9.17, 15) is 31.5 Å². The van der Waals surface area contributed by atoms with Gasteiger partial charge in [-0.15, -0.1) is 11.3 Å². The van der Waals surface area contributed by atoms with Gasteiger partial charge in [0.05, 0.1) is 4.88 Å². The van der Waals surface area contributed by atoms with E-state index in [1.165, 1.54) is 26.1 Å². The van der Waals surface area contributed by atoms with E-state index in [2.05, 4.69) is 15.6 Å². The summed E-state index contributed by atoms with van der Waals surface area (Å²) in [5.41, 5.74) is -2.14. The lowest BCUT2D eigenvalue weighted by atomic mass is 9.80. The maximum Gasteiger partial charge on any atom is 0.417 e. The van der Waals surface area contributed by atoms with Crippen molar-refractivity contribution in [3.63, 3.8) is 0 Å². The van der Waals surface area contributed by atoms with Gasteiger partial charge in [0.2, 0.25) is 0 Å². The Labute approximate surface area is 183 Å². The van der Waals surface area contributed by atoms with E-state index < -0.39 is 53.2 Å². The monoisotopic (exact) mass is 475 g/mol. The molecule has 0 unspecified atom stereocenters. The highest BCUT2D eigenvalue weighted by atomic mass is 32.1. The maximum atomic E-state index is 14.6. The Morgan fingerprint density at radius 2 is 2.03 bits per heavy atom. The van der Waals surface area contributed by atoms with E-state index in [0.29, 0.717) is 16.9 Å². The van der Waals surface area contributed by atoms with Crippen molar-refractivity contribution in [3.8, 4) is 0 Å². The number of aromatic nitrogens is 1. The molecule has 172 valence electrons. The molecule has 0 spiro atoms. The van der Waals surface area contributed by atoms with Crippen LogP contribution >= 0.6 is 11.3 Å². The van der Waals surface area contributed by atoms with E-state index >= 15 is 0 Å².